The topological polar surface area (TPSA) is 77.0 Å². The number of rotatable bonds is 9. The van der Waals surface area contributed by atoms with Crippen molar-refractivity contribution in [3.63, 3.8) is 0 Å². The summed E-state index contributed by atoms with van der Waals surface area (Å²) in [6.45, 7) is 5.51. The van der Waals surface area contributed by atoms with Crippen LogP contribution in [-0.4, -0.2) is 48.1 Å². The molecule has 2 aromatic carbocycles. The molecule has 0 fully saturated rings. The SMILES string of the molecule is CCNC(=NCCCC(=O)N1CCc2ccccc2C1)NCCC(O)c1ccccc1.I. The summed E-state index contributed by atoms with van der Waals surface area (Å²) in [6.07, 6.45) is 2.27. The molecule has 1 unspecified atom stereocenters. The Labute approximate surface area is 208 Å². The number of halogens is 1. The highest BCUT2D eigenvalue weighted by atomic mass is 127. The molecular weight excluding hydrogens is 515 g/mol. The molecule has 3 rings (SSSR count). The lowest BCUT2D eigenvalue weighted by molar-refractivity contribution is -0.132. The number of carbonyl (C=O) groups excluding carboxylic acids is 1. The summed E-state index contributed by atoms with van der Waals surface area (Å²) >= 11 is 0. The van der Waals surface area contributed by atoms with Gasteiger partial charge in [0.15, 0.2) is 5.96 Å². The Morgan fingerprint density at radius 2 is 1.81 bits per heavy atom. The van der Waals surface area contributed by atoms with Crippen LogP contribution in [0.25, 0.3) is 0 Å². The highest BCUT2D eigenvalue weighted by molar-refractivity contribution is 14.0. The molecule has 0 radical (unpaired) electrons. The Morgan fingerprint density at radius 1 is 1.09 bits per heavy atom. The number of aliphatic hydroxyl groups is 1. The van der Waals surface area contributed by atoms with E-state index in [0.717, 1.165) is 37.5 Å². The second-order valence-corrected chi connectivity index (χ2v) is 7.84. The lowest BCUT2D eigenvalue weighted by atomic mass is 9.99. The van der Waals surface area contributed by atoms with E-state index >= 15 is 0 Å². The summed E-state index contributed by atoms with van der Waals surface area (Å²) in [4.78, 5) is 19.1. The lowest BCUT2D eigenvalue weighted by Gasteiger charge is -2.28. The standard InChI is InChI=1S/C25H34N4O2.HI/c1-2-26-25(28-17-14-23(30)21-10-4-3-5-11-21)27-16-8-13-24(31)29-18-15-20-9-6-7-12-22(20)19-29;/h3-7,9-12,23,30H,2,8,13-19H2,1H3,(H2,26,27,28);1H. The van der Waals surface area contributed by atoms with Gasteiger partial charge < -0.3 is 20.6 Å². The molecule has 6 nitrogen and oxygen atoms in total. The van der Waals surface area contributed by atoms with Crippen molar-refractivity contribution in [2.75, 3.05) is 26.2 Å². The van der Waals surface area contributed by atoms with E-state index in [-0.39, 0.29) is 29.9 Å². The quantitative estimate of drug-likeness (QED) is 0.193. The number of benzene rings is 2. The van der Waals surface area contributed by atoms with Crippen LogP contribution in [0.5, 0.6) is 0 Å². The van der Waals surface area contributed by atoms with Gasteiger partial charge >= 0.3 is 0 Å². The zero-order valence-electron chi connectivity index (χ0n) is 18.8. The Bertz CT molecular complexity index is 860. The van der Waals surface area contributed by atoms with Crippen molar-refractivity contribution >= 4 is 35.8 Å². The summed E-state index contributed by atoms with van der Waals surface area (Å²) in [5.74, 6) is 0.927. The number of nitrogens with one attached hydrogen (secondary N) is 2. The van der Waals surface area contributed by atoms with Crippen molar-refractivity contribution in [2.24, 2.45) is 4.99 Å². The maximum absolute atomic E-state index is 12.6. The van der Waals surface area contributed by atoms with Crippen molar-refractivity contribution in [3.05, 3.63) is 71.3 Å². The molecule has 32 heavy (non-hydrogen) atoms. The van der Waals surface area contributed by atoms with Gasteiger partial charge in [-0.15, -0.1) is 24.0 Å². The summed E-state index contributed by atoms with van der Waals surface area (Å²) in [7, 11) is 0. The van der Waals surface area contributed by atoms with Crippen LogP contribution in [0, 0.1) is 0 Å². The van der Waals surface area contributed by atoms with Crippen LogP contribution in [0.1, 0.15) is 49.0 Å². The third-order valence-electron chi connectivity index (χ3n) is 5.54. The third-order valence-corrected chi connectivity index (χ3v) is 5.54. The molecule has 0 aromatic heterocycles. The molecule has 0 spiro atoms. The molecule has 1 amide bonds. The normalized spacial score (nSPS) is 14.2. The number of aliphatic hydroxyl groups excluding tert-OH is 1. The van der Waals surface area contributed by atoms with Gasteiger partial charge in [0, 0.05) is 39.1 Å². The fourth-order valence-electron chi connectivity index (χ4n) is 3.80. The first-order chi connectivity index (χ1) is 15.2. The van der Waals surface area contributed by atoms with E-state index < -0.39 is 6.10 Å². The van der Waals surface area contributed by atoms with Crippen molar-refractivity contribution in [1.82, 2.24) is 15.5 Å². The van der Waals surface area contributed by atoms with Crippen LogP contribution in [0.2, 0.25) is 0 Å². The minimum Gasteiger partial charge on any atom is -0.388 e. The van der Waals surface area contributed by atoms with Crippen LogP contribution in [-0.2, 0) is 17.8 Å². The van der Waals surface area contributed by atoms with Crippen molar-refractivity contribution in [2.45, 2.75) is 45.3 Å². The summed E-state index contributed by atoms with van der Waals surface area (Å²) < 4.78 is 0. The van der Waals surface area contributed by atoms with E-state index in [1.165, 1.54) is 11.1 Å². The minimum atomic E-state index is -0.496. The van der Waals surface area contributed by atoms with Gasteiger partial charge in [-0.2, -0.15) is 0 Å². The minimum absolute atomic E-state index is 0. The average Bonchev–Trinajstić information content (AvgIpc) is 2.81. The molecule has 1 aliphatic rings. The molecule has 1 atom stereocenters. The van der Waals surface area contributed by atoms with E-state index in [0.29, 0.717) is 32.5 Å². The number of aliphatic imine (C=N–C) groups is 1. The van der Waals surface area contributed by atoms with Crippen LogP contribution >= 0.6 is 24.0 Å². The van der Waals surface area contributed by atoms with E-state index in [1.807, 2.05) is 48.2 Å². The van der Waals surface area contributed by atoms with Gasteiger partial charge in [0.1, 0.15) is 0 Å². The fourth-order valence-corrected chi connectivity index (χ4v) is 3.80. The van der Waals surface area contributed by atoms with Gasteiger partial charge in [0.2, 0.25) is 5.91 Å². The van der Waals surface area contributed by atoms with Gasteiger partial charge in [0.05, 0.1) is 6.10 Å². The smallest absolute Gasteiger partial charge is 0.222 e. The first-order valence-corrected chi connectivity index (χ1v) is 11.3. The van der Waals surface area contributed by atoms with Gasteiger partial charge in [-0.25, -0.2) is 0 Å². The largest absolute Gasteiger partial charge is 0.388 e. The molecule has 2 aromatic rings. The van der Waals surface area contributed by atoms with Gasteiger partial charge in [-0.1, -0.05) is 54.6 Å². The summed E-state index contributed by atoms with van der Waals surface area (Å²) in [5, 5.41) is 16.8. The number of hydrogen-bond acceptors (Lipinski definition) is 3. The maximum atomic E-state index is 12.6. The molecule has 0 saturated carbocycles. The molecule has 0 bridgehead atoms. The predicted molar refractivity (Wildman–Crippen MR) is 140 cm³/mol. The van der Waals surface area contributed by atoms with E-state index in [9.17, 15) is 9.90 Å². The molecule has 7 heteroatoms. The molecular formula is C25H35IN4O2. The molecule has 0 aliphatic carbocycles. The molecule has 0 saturated heterocycles. The van der Waals surface area contributed by atoms with Gasteiger partial charge in [-0.05, 0) is 42.9 Å². The Kier molecular flexibility index (Phi) is 11.5. The Hall–Kier alpha value is -2.13. The second-order valence-electron chi connectivity index (χ2n) is 7.84. The number of carbonyl (C=O) groups is 1. The third kappa shape index (κ3) is 8.09. The number of hydrogen-bond donors (Lipinski definition) is 3. The number of guanidine groups is 1. The maximum Gasteiger partial charge on any atom is 0.222 e. The van der Waals surface area contributed by atoms with Crippen molar-refractivity contribution < 1.29 is 9.90 Å². The first-order valence-electron chi connectivity index (χ1n) is 11.3. The Morgan fingerprint density at radius 3 is 2.56 bits per heavy atom. The van der Waals surface area contributed by atoms with Crippen LogP contribution < -0.4 is 10.6 Å². The molecule has 1 heterocycles. The molecule has 1 aliphatic heterocycles. The molecule has 3 N–H and O–H groups in total. The number of amides is 1. The number of nitrogens with zero attached hydrogens (tertiary/aromatic N) is 2. The van der Waals surface area contributed by atoms with E-state index in [4.69, 9.17) is 0 Å². The van der Waals surface area contributed by atoms with Crippen LogP contribution in [0.15, 0.2) is 59.6 Å². The van der Waals surface area contributed by atoms with Crippen molar-refractivity contribution in [3.8, 4) is 0 Å². The average molecular weight is 550 g/mol. The lowest BCUT2D eigenvalue weighted by Crippen LogP contribution is -2.38. The highest BCUT2D eigenvalue weighted by Gasteiger charge is 2.19. The highest BCUT2D eigenvalue weighted by Crippen LogP contribution is 2.19. The Balaban J connectivity index is 0.00000363. The van der Waals surface area contributed by atoms with E-state index in [2.05, 4.69) is 33.8 Å². The molecule has 174 valence electrons. The number of fused-ring (bicyclic) bond motifs is 1. The van der Waals surface area contributed by atoms with E-state index in [1.54, 1.807) is 0 Å². The zero-order chi connectivity index (χ0) is 21.9. The summed E-state index contributed by atoms with van der Waals surface area (Å²) in [6, 6.07) is 18.0. The summed E-state index contributed by atoms with van der Waals surface area (Å²) in [5.41, 5.74) is 3.54. The predicted octanol–water partition coefficient (Wildman–Crippen LogP) is 3.65. The van der Waals surface area contributed by atoms with Crippen molar-refractivity contribution in [1.29, 1.82) is 0 Å². The first kappa shape index (κ1) is 26.1. The second kappa shape index (κ2) is 14.1. The zero-order valence-corrected chi connectivity index (χ0v) is 21.1. The van der Waals surface area contributed by atoms with Crippen LogP contribution in [0.4, 0.5) is 0 Å². The fraction of sp³-hybridized carbons (Fsp3) is 0.440. The van der Waals surface area contributed by atoms with Crippen LogP contribution in [0.3, 0.4) is 0 Å². The monoisotopic (exact) mass is 550 g/mol. The van der Waals surface area contributed by atoms with Gasteiger partial charge in [0.25, 0.3) is 0 Å². The van der Waals surface area contributed by atoms with Gasteiger partial charge in [-0.3, -0.25) is 9.79 Å².